The van der Waals surface area contributed by atoms with Crippen LogP contribution in [0.3, 0.4) is 0 Å². The summed E-state index contributed by atoms with van der Waals surface area (Å²) in [4.78, 5) is 12.4. The highest BCUT2D eigenvalue weighted by Gasteiger charge is 2.12. The van der Waals surface area contributed by atoms with Crippen molar-refractivity contribution >= 4 is 22.4 Å². The molecule has 1 aromatic rings. The zero-order valence-corrected chi connectivity index (χ0v) is 10.4. The van der Waals surface area contributed by atoms with E-state index in [4.69, 9.17) is 9.84 Å². The zero-order chi connectivity index (χ0) is 12.7. The second-order valence-corrected chi connectivity index (χ2v) is 4.33. The van der Waals surface area contributed by atoms with Gasteiger partial charge in [0.15, 0.2) is 0 Å². The van der Waals surface area contributed by atoms with Crippen molar-refractivity contribution in [2.75, 3.05) is 25.1 Å². The van der Waals surface area contributed by atoms with Crippen LogP contribution in [0.1, 0.15) is 11.4 Å². The van der Waals surface area contributed by atoms with Crippen LogP contribution in [0.2, 0.25) is 0 Å². The first-order valence-corrected chi connectivity index (χ1v) is 5.88. The molecule has 0 aliphatic heterocycles. The van der Waals surface area contributed by atoms with Crippen molar-refractivity contribution in [2.24, 2.45) is 0 Å². The molecule has 6 nitrogen and oxygen atoms in total. The molecule has 0 unspecified atom stereocenters. The maximum absolute atomic E-state index is 10.5. The third-order valence-electron chi connectivity index (χ3n) is 1.94. The fourth-order valence-corrected chi connectivity index (χ4v) is 2.05. The fourth-order valence-electron chi connectivity index (χ4n) is 1.21. The van der Waals surface area contributed by atoms with Gasteiger partial charge in [0.1, 0.15) is 11.6 Å². The average molecular weight is 257 g/mol. The maximum Gasteiger partial charge on any atom is 0.305 e. The molecule has 0 saturated carbocycles. The van der Waals surface area contributed by atoms with Crippen molar-refractivity contribution in [1.29, 1.82) is 0 Å². The number of aliphatic carboxylic acids is 1. The lowest BCUT2D eigenvalue weighted by Crippen LogP contribution is -2.26. The second-order valence-electron chi connectivity index (χ2n) is 3.29. The first kappa shape index (κ1) is 13.6. The zero-order valence-electron chi connectivity index (χ0n) is 9.63. The largest absolute Gasteiger partial charge is 0.481 e. The van der Waals surface area contributed by atoms with Crippen molar-refractivity contribution in [3.05, 3.63) is 17.7 Å². The third-order valence-corrected chi connectivity index (χ3v) is 2.90. The van der Waals surface area contributed by atoms with Crippen LogP contribution in [0.4, 0.5) is 5.13 Å². The lowest BCUT2D eigenvalue weighted by atomic mass is 10.4. The Morgan fingerprint density at radius 3 is 3.00 bits per heavy atom. The predicted octanol–water partition coefficient (Wildman–Crippen LogP) is 1.15. The van der Waals surface area contributed by atoms with E-state index in [2.05, 4.69) is 16.8 Å². The molecule has 0 saturated heterocycles. The van der Waals surface area contributed by atoms with Crippen LogP contribution in [-0.2, 0) is 16.1 Å². The minimum absolute atomic E-state index is 0.0625. The van der Waals surface area contributed by atoms with Gasteiger partial charge in [0.05, 0.1) is 6.42 Å². The van der Waals surface area contributed by atoms with E-state index in [1.165, 1.54) is 11.3 Å². The SMILES string of the molecule is C=CCN(CCC(=O)O)c1nnc(COC)s1. The van der Waals surface area contributed by atoms with E-state index in [1.807, 2.05) is 4.90 Å². The van der Waals surface area contributed by atoms with Crippen LogP contribution in [0.5, 0.6) is 0 Å². The Balaban J connectivity index is 2.66. The molecule has 0 radical (unpaired) electrons. The number of carboxylic acids is 1. The standard InChI is InChI=1S/C10H15N3O3S/c1-3-5-13(6-4-9(14)15)10-12-11-8(17-10)7-16-2/h3H,1,4-7H2,2H3,(H,14,15). The van der Waals surface area contributed by atoms with Crippen LogP contribution in [0.15, 0.2) is 12.7 Å². The average Bonchev–Trinajstić information content (AvgIpc) is 2.73. The van der Waals surface area contributed by atoms with E-state index in [9.17, 15) is 4.79 Å². The summed E-state index contributed by atoms with van der Waals surface area (Å²) in [5.41, 5.74) is 0. The summed E-state index contributed by atoms with van der Waals surface area (Å²) < 4.78 is 4.95. The molecular formula is C10H15N3O3S. The molecule has 0 atom stereocenters. The summed E-state index contributed by atoms with van der Waals surface area (Å²) in [7, 11) is 1.59. The summed E-state index contributed by atoms with van der Waals surface area (Å²) in [5, 5.41) is 18.1. The topological polar surface area (TPSA) is 75.6 Å². The number of hydrogen-bond acceptors (Lipinski definition) is 6. The smallest absolute Gasteiger partial charge is 0.305 e. The van der Waals surface area contributed by atoms with E-state index in [-0.39, 0.29) is 6.42 Å². The maximum atomic E-state index is 10.5. The summed E-state index contributed by atoms with van der Waals surface area (Å²) in [6, 6.07) is 0. The number of rotatable bonds is 8. The molecule has 0 aliphatic rings. The van der Waals surface area contributed by atoms with Gasteiger partial charge in [0.25, 0.3) is 0 Å². The van der Waals surface area contributed by atoms with Crippen molar-refractivity contribution in [1.82, 2.24) is 10.2 Å². The number of methoxy groups -OCH3 is 1. The molecular weight excluding hydrogens is 242 g/mol. The Morgan fingerprint density at radius 2 is 2.41 bits per heavy atom. The van der Waals surface area contributed by atoms with Crippen LogP contribution in [-0.4, -0.2) is 41.5 Å². The van der Waals surface area contributed by atoms with Gasteiger partial charge in [-0.05, 0) is 0 Å². The van der Waals surface area contributed by atoms with E-state index in [1.54, 1.807) is 13.2 Å². The van der Waals surface area contributed by atoms with Crippen molar-refractivity contribution in [2.45, 2.75) is 13.0 Å². The summed E-state index contributed by atoms with van der Waals surface area (Å²) in [6.07, 6.45) is 1.77. The van der Waals surface area contributed by atoms with Crippen LogP contribution >= 0.6 is 11.3 Å². The first-order valence-electron chi connectivity index (χ1n) is 5.06. The molecule has 7 heteroatoms. The van der Waals surface area contributed by atoms with Crippen molar-refractivity contribution < 1.29 is 14.6 Å². The monoisotopic (exact) mass is 257 g/mol. The highest BCUT2D eigenvalue weighted by atomic mass is 32.1. The highest BCUT2D eigenvalue weighted by Crippen LogP contribution is 2.20. The number of aromatic nitrogens is 2. The Hall–Kier alpha value is -1.47. The number of carboxylic acid groups (broad SMARTS) is 1. The van der Waals surface area contributed by atoms with E-state index in [0.717, 1.165) is 5.01 Å². The van der Waals surface area contributed by atoms with E-state index >= 15 is 0 Å². The molecule has 0 aromatic carbocycles. The lowest BCUT2D eigenvalue weighted by molar-refractivity contribution is -0.136. The highest BCUT2D eigenvalue weighted by molar-refractivity contribution is 7.15. The van der Waals surface area contributed by atoms with Gasteiger partial charge in [-0.1, -0.05) is 17.4 Å². The molecule has 0 aliphatic carbocycles. The molecule has 1 rings (SSSR count). The lowest BCUT2D eigenvalue weighted by Gasteiger charge is -2.17. The number of nitrogens with zero attached hydrogens (tertiary/aromatic N) is 3. The van der Waals surface area contributed by atoms with Crippen molar-refractivity contribution in [3.63, 3.8) is 0 Å². The second kappa shape index (κ2) is 6.97. The molecule has 1 heterocycles. The number of anilines is 1. The van der Waals surface area contributed by atoms with Gasteiger partial charge in [-0.2, -0.15) is 0 Å². The molecule has 1 N–H and O–H groups in total. The van der Waals surface area contributed by atoms with Crippen LogP contribution in [0.25, 0.3) is 0 Å². The van der Waals surface area contributed by atoms with Gasteiger partial charge in [0.2, 0.25) is 5.13 Å². The summed E-state index contributed by atoms with van der Waals surface area (Å²) in [5.74, 6) is -0.833. The Morgan fingerprint density at radius 1 is 1.65 bits per heavy atom. The molecule has 94 valence electrons. The van der Waals surface area contributed by atoms with Crippen molar-refractivity contribution in [3.8, 4) is 0 Å². The molecule has 0 fully saturated rings. The summed E-state index contributed by atoms with van der Waals surface area (Å²) >= 11 is 1.40. The normalized spacial score (nSPS) is 10.2. The van der Waals surface area contributed by atoms with Gasteiger partial charge in [0, 0.05) is 20.2 Å². The quantitative estimate of drug-likeness (QED) is 0.704. The predicted molar refractivity (Wildman–Crippen MR) is 65.3 cm³/mol. The van der Waals surface area contributed by atoms with E-state index < -0.39 is 5.97 Å². The molecule has 17 heavy (non-hydrogen) atoms. The Labute approximate surface area is 104 Å². The molecule has 1 aromatic heterocycles. The minimum atomic E-state index is -0.833. The molecule has 0 amide bonds. The number of carbonyl (C=O) groups is 1. The Kier molecular flexibility index (Phi) is 5.58. The molecule has 0 spiro atoms. The van der Waals surface area contributed by atoms with Gasteiger partial charge in [-0.25, -0.2) is 0 Å². The van der Waals surface area contributed by atoms with Gasteiger partial charge in [-0.3, -0.25) is 4.79 Å². The van der Waals surface area contributed by atoms with Gasteiger partial charge in [-0.15, -0.1) is 16.8 Å². The van der Waals surface area contributed by atoms with Gasteiger partial charge < -0.3 is 14.7 Å². The first-order chi connectivity index (χ1) is 8.17. The van der Waals surface area contributed by atoms with Gasteiger partial charge >= 0.3 is 5.97 Å². The number of ether oxygens (including phenoxy) is 1. The van der Waals surface area contributed by atoms with E-state index in [0.29, 0.717) is 24.8 Å². The summed E-state index contributed by atoms with van der Waals surface area (Å²) in [6.45, 7) is 5.00. The Bertz CT molecular complexity index is 381. The minimum Gasteiger partial charge on any atom is -0.481 e. The fraction of sp³-hybridized carbons (Fsp3) is 0.500. The number of hydrogen-bond donors (Lipinski definition) is 1. The van der Waals surface area contributed by atoms with Crippen LogP contribution < -0.4 is 4.90 Å². The van der Waals surface area contributed by atoms with Crippen LogP contribution in [0, 0.1) is 0 Å². The third kappa shape index (κ3) is 4.49. The molecule has 0 bridgehead atoms.